The molecule has 1 aliphatic rings. The predicted octanol–water partition coefficient (Wildman–Crippen LogP) is 3.17. The van der Waals surface area contributed by atoms with E-state index >= 15 is 0 Å². The number of hydrogen-bond acceptors (Lipinski definition) is 2. The summed E-state index contributed by atoms with van der Waals surface area (Å²) in [5.74, 6) is 0.942. The van der Waals surface area contributed by atoms with Gasteiger partial charge in [-0.2, -0.15) is 0 Å². The van der Waals surface area contributed by atoms with Crippen LogP contribution < -0.4 is 10.1 Å². The van der Waals surface area contributed by atoms with E-state index in [1.807, 2.05) is 0 Å². The number of fused-ring (bicyclic) bond motifs is 1. The molecule has 0 amide bonds. The summed E-state index contributed by atoms with van der Waals surface area (Å²) in [7, 11) is 1.73. The van der Waals surface area contributed by atoms with Crippen molar-refractivity contribution >= 4 is 10.9 Å². The van der Waals surface area contributed by atoms with E-state index in [0.29, 0.717) is 0 Å². The number of rotatable bonds is 6. The van der Waals surface area contributed by atoms with Crippen LogP contribution in [0, 0.1) is 6.92 Å². The number of aromatic amines is 1. The van der Waals surface area contributed by atoms with Gasteiger partial charge in [-0.15, -0.1) is 0 Å². The molecule has 0 unspecified atom stereocenters. The third kappa shape index (κ3) is 2.76. The Labute approximate surface area is 114 Å². The first-order chi connectivity index (χ1) is 9.28. The molecular formula is C16H22N2O. The zero-order valence-corrected chi connectivity index (χ0v) is 11.8. The van der Waals surface area contributed by atoms with Crippen LogP contribution in [0.3, 0.4) is 0 Å². The van der Waals surface area contributed by atoms with Gasteiger partial charge in [0, 0.05) is 17.6 Å². The molecule has 0 radical (unpaired) electrons. The van der Waals surface area contributed by atoms with Gasteiger partial charge >= 0.3 is 0 Å². The molecule has 3 nitrogen and oxygen atoms in total. The normalized spacial score (nSPS) is 15.1. The number of aryl methyl sites for hydroxylation is 2. The fourth-order valence-electron chi connectivity index (χ4n) is 2.63. The van der Waals surface area contributed by atoms with Crippen molar-refractivity contribution in [1.82, 2.24) is 10.3 Å². The first-order valence-electron chi connectivity index (χ1n) is 7.16. The average Bonchev–Trinajstić information content (AvgIpc) is 3.15. The highest BCUT2D eigenvalue weighted by molar-refractivity contribution is 5.89. The Morgan fingerprint density at radius 3 is 2.95 bits per heavy atom. The lowest BCUT2D eigenvalue weighted by molar-refractivity contribution is 0.418. The molecule has 3 heteroatoms. The molecule has 1 heterocycles. The molecule has 19 heavy (non-hydrogen) atoms. The Kier molecular flexibility index (Phi) is 3.47. The number of aromatic nitrogens is 1. The Hall–Kier alpha value is -1.48. The molecule has 1 aromatic heterocycles. The van der Waals surface area contributed by atoms with Crippen molar-refractivity contribution in [1.29, 1.82) is 0 Å². The summed E-state index contributed by atoms with van der Waals surface area (Å²) in [4.78, 5) is 3.35. The van der Waals surface area contributed by atoms with E-state index in [-0.39, 0.29) is 0 Å². The number of methoxy groups -OCH3 is 1. The summed E-state index contributed by atoms with van der Waals surface area (Å²) in [5.41, 5.74) is 3.77. The molecule has 0 saturated heterocycles. The minimum atomic E-state index is 0.810. The van der Waals surface area contributed by atoms with Gasteiger partial charge in [0.05, 0.1) is 12.6 Å². The first kappa shape index (κ1) is 12.5. The summed E-state index contributed by atoms with van der Waals surface area (Å²) in [6, 6.07) is 5.14. The Morgan fingerprint density at radius 2 is 2.21 bits per heavy atom. The fraction of sp³-hybridized carbons (Fsp3) is 0.500. The highest BCUT2D eigenvalue weighted by Gasteiger charge is 2.19. The number of benzene rings is 1. The standard InChI is InChI=1S/C16H22N2O/c1-11-8-14-12(4-3-7-17-13-5-6-13)10-18-16(14)15(9-11)19-2/h8-10,13,17-18H,3-7H2,1-2H3. The third-order valence-electron chi connectivity index (χ3n) is 3.84. The lowest BCUT2D eigenvalue weighted by Gasteiger charge is -2.05. The number of nitrogens with one attached hydrogen (secondary N) is 2. The quantitative estimate of drug-likeness (QED) is 0.781. The zero-order valence-electron chi connectivity index (χ0n) is 11.8. The van der Waals surface area contributed by atoms with Crippen molar-refractivity contribution in [2.24, 2.45) is 0 Å². The number of H-pyrrole nitrogens is 1. The SMILES string of the molecule is COc1cc(C)cc2c(CCCNC3CC3)c[nH]c12. The fourth-order valence-corrected chi connectivity index (χ4v) is 2.63. The van der Waals surface area contributed by atoms with Gasteiger partial charge in [0.25, 0.3) is 0 Å². The molecule has 0 bridgehead atoms. The van der Waals surface area contributed by atoms with Gasteiger partial charge in [-0.05, 0) is 62.4 Å². The topological polar surface area (TPSA) is 37.0 Å². The summed E-state index contributed by atoms with van der Waals surface area (Å²) >= 11 is 0. The number of ether oxygens (including phenoxy) is 1. The van der Waals surface area contributed by atoms with Crippen molar-refractivity contribution in [3.8, 4) is 5.75 Å². The van der Waals surface area contributed by atoms with Gasteiger partial charge in [0.1, 0.15) is 5.75 Å². The van der Waals surface area contributed by atoms with E-state index in [4.69, 9.17) is 4.74 Å². The van der Waals surface area contributed by atoms with Crippen LogP contribution in [0.5, 0.6) is 5.75 Å². The van der Waals surface area contributed by atoms with E-state index in [0.717, 1.165) is 30.3 Å². The molecule has 1 fully saturated rings. The van der Waals surface area contributed by atoms with E-state index in [1.165, 1.54) is 35.8 Å². The predicted molar refractivity (Wildman–Crippen MR) is 78.9 cm³/mol. The van der Waals surface area contributed by atoms with E-state index in [9.17, 15) is 0 Å². The molecule has 1 saturated carbocycles. The van der Waals surface area contributed by atoms with Crippen LogP contribution >= 0.6 is 0 Å². The molecule has 1 aromatic carbocycles. The summed E-state index contributed by atoms with van der Waals surface area (Å²) in [6.45, 7) is 3.24. The highest BCUT2D eigenvalue weighted by Crippen LogP contribution is 2.29. The first-order valence-corrected chi connectivity index (χ1v) is 7.16. The maximum absolute atomic E-state index is 5.44. The largest absolute Gasteiger partial charge is 0.495 e. The lowest BCUT2D eigenvalue weighted by atomic mass is 10.1. The zero-order chi connectivity index (χ0) is 13.2. The maximum atomic E-state index is 5.44. The summed E-state index contributed by atoms with van der Waals surface area (Å²) < 4.78 is 5.44. The van der Waals surface area contributed by atoms with Crippen molar-refractivity contribution in [2.45, 2.75) is 38.6 Å². The van der Waals surface area contributed by atoms with Crippen molar-refractivity contribution < 1.29 is 4.74 Å². The highest BCUT2D eigenvalue weighted by atomic mass is 16.5. The van der Waals surface area contributed by atoms with Gasteiger partial charge in [-0.1, -0.05) is 0 Å². The minimum Gasteiger partial charge on any atom is -0.495 e. The van der Waals surface area contributed by atoms with Crippen LogP contribution in [0.2, 0.25) is 0 Å². The Balaban J connectivity index is 1.73. The monoisotopic (exact) mass is 258 g/mol. The van der Waals surface area contributed by atoms with E-state index in [2.05, 4.69) is 35.6 Å². The lowest BCUT2D eigenvalue weighted by Crippen LogP contribution is -2.17. The Morgan fingerprint density at radius 1 is 1.37 bits per heavy atom. The smallest absolute Gasteiger partial charge is 0.143 e. The molecule has 0 aliphatic heterocycles. The summed E-state index contributed by atoms with van der Waals surface area (Å²) in [6.07, 6.45) is 7.17. The van der Waals surface area contributed by atoms with E-state index < -0.39 is 0 Å². The van der Waals surface area contributed by atoms with Crippen LogP contribution in [0.4, 0.5) is 0 Å². The molecule has 2 N–H and O–H groups in total. The van der Waals surface area contributed by atoms with Gasteiger partial charge in [0.2, 0.25) is 0 Å². The van der Waals surface area contributed by atoms with Crippen molar-refractivity contribution in [2.75, 3.05) is 13.7 Å². The Bertz CT molecular complexity index is 569. The van der Waals surface area contributed by atoms with Crippen LogP contribution in [-0.4, -0.2) is 24.7 Å². The van der Waals surface area contributed by atoms with Crippen LogP contribution in [0.15, 0.2) is 18.3 Å². The van der Waals surface area contributed by atoms with Crippen molar-refractivity contribution in [3.05, 3.63) is 29.5 Å². The van der Waals surface area contributed by atoms with Crippen molar-refractivity contribution in [3.63, 3.8) is 0 Å². The van der Waals surface area contributed by atoms with Crippen LogP contribution in [0.25, 0.3) is 10.9 Å². The van der Waals surface area contributed by atoms with Gasteiger partial charge in [0.15, 0.2) is 0 Å². The number of hydrogen-bond donors (Lipinski definition) is 2. The average molecular weight is 258 g/mol. The van der Waals surface area contributed by atoms with Crippen LogP contribution in [0.1, 0.15) is 30.4 Å². The van der Waals surface area contributed by atoms with Gasteiger partial charge in [-0.25, -0.2) is 0 Å². The second kappa shape index (κ2) is 5.25. The molecule has 0 atom stereocenters. The van der Waals surface area contributed by atoms with Gasteiger partial charge in [-0.3, -0.25) is 0 Å². The molecule has 3 rings (SSSR count). The molecule has 2 aromatic rings. The molecule has 1 aliphatic carbocycles. The summed E-state index contributed by atoms with van der Waals surface area (Å²) in [5, 5.41) is 4.87. The molecule has 102 valence electrons. The maximum Gasteiger partial charge on any atom is 0.143 e. The second-order valence-electron chi connectivity index (χ2n) is 5.54. The molecule has 0 spiro atoms. The van der Waals surface area contributed by atoms with E-state index in [1.54, 1.807) is 7.11 Å². The van der Waals surface area contributed by atoms with Crippen LogP contribution in [-0.2, 0) is 6.42 Å². The minimum absolute atomic E-state index is 0.810. The second-order valence-corrected chi connectivity index (χ2v) is 5.54. The van der Waals surface area contributed by atoms with Gasteiger partial charge < -0.3 is 15.0 Å². The molecular weight excluding hydrogens is 236 g/mol. The third-order valence-corrected chi connectivity index (χ3v) is 3.84.